The Morgan fingerprint density at radius 3 is 2.45 bits per heavy atom. The highest BCUT2D eigenvalue weighted by Gasteiger charge is 2.49. The second kappa shape index (κ2) is 4.49. The van der Waals surface area contributed by atoms with Gasteiger partial charge in [-0.3, -0.25) is 0 Å². The molecular formula is C18H26O2. The minimum atomic E-state index is -0.303. The summed E-state index contributed by atoms with van der Waals surface area (Å²) >= 11 is 0. The molecule has 1 aliphatic heterocycles. The van der Waals surface area contributed by atoms with E-state index in [4.69, 9.17) is 9.47 Å². The van der Waals surface area contributed by atoms with E-state index in [9.17, 15) is 0 Å². The maximum absolute atomic E-state index is 6.07. The van der Waals surface area contributed by atoms with Crippen molar-refractivity contribution < 1.29 is 9.47 Å². The first-order valence-electron chi connectivity index (χ1n) is 7.76. The fraction of sp³-hybridized carbons (Fsp3) is 0.667. The van der Waals surface area contributed by atoms with Gasteiger partial charge in [0, 0.05) is 23.7 Å². The number of hydrogen-bond acceptors (Lipinski definition) is 2. The van der Waals surface area contributed by atoms with E-state index in [1.165, 1.54) is 36.0 Å². The molecule has 3 rings (SSSR count). The van der Waals surface area contributed by atoms with Crippen LogP contribution in [0, 0.1) is 0 Å². The van der Waals surface area contributed by atoms with Crippen LogP contribution in [-0.4, -0.2) is 13.7 Å². The molecule has 20 heavy (non-hydrogen) atoms. The van der Waals surface area contributed by atoms with Crippen molar-refractivity contribution in [1.29, 1.82) is 0 Å². The monoisotopic (exact) mass is 274 g/mol. The van der Waals surface area contributed by atoms with Gasteiger partial charge in [-0.2, -0.15) is 0 Å². The number of ether oxygens (including phenoxy) is 2. The Morgan fingerprint density at radius 1 is 1.20 bits per heavy atom. The SMILES string of the molecule is COC(C)(C)c1cc(C(C)C)cc2c1OCCC21CC1. The molecule has 110 valence electrons. The highest BCUT2D eigenvalue weighted by Crippen LogP contribution is 2.58. The van der Waals surface area contributed by atoms with Gasteiger partial charge in [0.2, 0.25) is 0 Å². The number of hydrogen-bond donors (Lipinski definition) is 0. The lowest BCUT2D eigenvalue weighted by Crippen LogP contribution is -2.27. The van der Waals surface area contributed by atoms with E-state index < -0.39 is 0 Å². The molecule has 1 aromatic rings. The Kier molecular flexibility index (Phi) is 3.13. The highest BCUT2D eigenvalue weighted by atomic mass is 16.5. The van der Waals surface area contributed by atoms with E-state index in [1.807, 2.05) is 0 Å². The molecule has 1 aromatic carbocycles. The summed E-state index contributed by atoms with van der Waals surface area (Å²) in [5.41, 5.74) is 4.17. The van der Waals surface area contributed by atoms with E-state index in [1.54, 1.807) is 7.11 Å². The molecular weight excluding hydrogens is 248 g/mol. The maximum Gasteiger partial charge on any atom is 0.129 e. The molecule has 0 radical (unpaired) electrons. The molecule has 2 heteroatoms. The summed E-state index contributed by atoms with van der Waals surface area (Å²) in [6.07, 6.45) is 3.81. The summed E-state index contributed by atoms with van der Waals surface area (Å²) in [6.45, 7) is 9.62. The maximum atomic E-state index is 6.07. The Balaban J connectivity index is 2.21. The second-order valence-corrected chi connectivity index (χ2v) is 7.19. The van der Waals surface area contributed by atoms with Crippen molar-refractivity contribution in [2.45, 2.75) is 63.9 Å². The van der Waals surface area contributed by atoms with E-state index >= 15 is 0 Å². The van der Waals surface area contributed by atoms with Gasteiger partial charge < -0.3 is 9.47 Å². The summed E-state index contributed by atoms with van der Waals surface area (Å²) in [4.78, 5) is 0. The van der Waals surface area contributed by atoms with Gasteiger partial charge in [-0.05, 0) is 50.7 Å². The molecule has 0 unspecified atom stereocenters. The predicted molar refractivity (Wildman–Crippen MR) is 81.6 cm³/mol. The number of methoxy groups -OCH3 is 1. The smallest absolute Gasteiger partial charge is 0.129 e. The zero-order chi connectivity index (χ0) is 14.5. The molecule has 2 aliphatic rings. The van der Waals surface area contributed by atoms with Gasteiger partial charge in [0.25, 0.3) is 0 Å². The van der Waals surface area contributed by atoms with Crippen molar-refractivity contribution in [3.63, 3.8) is 0 Å². The molecule has 2 nitrogen and oxygen atoms in total. The van der Waals surface area contributed by atoms with Gasteiger partial charge in [0.1, 0.15) is 5.75 Å². The van der Waals surface area contributed by atoms with Crippen molar-refractivity contribution in [2.24, 2.45) is 0 Å². The summed E-state index contributed by atoms with van der Waals surface area (Å²) < 4.78 is 11.8. The zero-order valence-electron chi connectivity index (χ0n) is 13.4. The molecule has 1 aliphatic carbocycles. The van der Waals surface area contributed by atoms with Crippen molar-refractivity contribution in [1.82, 2.24) is 0 Å². The minimum absolute atomic E-state index is 0.303. The molecule has 0 amide bonds. The van der Waals surface area contributed by atoms with Crippen LogP contribution in [0.15, 0.2) is 12.1 Å². The topological polar surface area (TPSA) is 18.5 Å². The number of fused-ring (bicyclic) bond motifs is 2. The van der Waals surface area contributed by atoms with Crippen LogP contribution in [-0.2, 0) is 15.8 Å². The number of benzene rings is 1. The summed E-state index contributed by atoms with van der Waals surface area (Å²) in [5, 5.41) is 0. The first kappa shape index (κ1) is 13.9. The van der Waals surface area contributed by atoms with Crippen LogP contribution in [0.4, 0.5) is 0 Å². The minimum Gasteiger partial charge on any atom is -0.493 e. The van der Waals surface area contributed by atoms with Gasteiger partial charge in [-0.25, -0.2) is 0 Å². The summed E-state index contributed by atoms with van der Waals surface area (Å²) in [6, 6.07) is 4.68. The molecule has 0 bridgehead atoms. The third-order valence-corrected chi connectivity index (χ3v) is 5.19. The predicted octanol–water partition coefficient (Wildman–Crippen LogP) is 4.51. The average molecular weight is 274 g/mol. The van der Waals surface area contributed by atoms with Crippen LogP contribution in [0.5, 0.6) is 5.75 Å². The average Bonchev–Trinajstić information content (AvgIpc) is 3.18. The van der Waals surface area contributed by atoms with Crippen LogP contribution in [0.1, 0.15) is 69.6 Å². The lowest BCUT2D eigenvalue weighted by Gasteiger charge is -2.34. The van der Waals surface area contributed by atoms with Crippen molar-refractivity contribution in [3.8, 4) is 5.75 Å². The first-order chi connectivity index (χ1) is 9.39. The van der Waals surface area contributed by atoms with Crippen LogP contribution in [0.25, 0.3) is 0 Å². The van der Waals surface area contributed by atoms with Gasteiger partial charge >= 0.3 is 0 Å². The van der Waals surface area contributed by atoms with Crippen molar-refractivity contribution >= 4 is 0 Å². The lowest BCUT2D eigenvalue weighted by atomic mass is 9.82. The van der Waals surface area contributed by atoms with Crippen molar-refractivity contribution in [2.75, 3.05) is 13.7 Å². The number of rotatable bonds is 3. The molecule has 0 atom stereocenters. The molecule has 1 saturated carbocycles. The Bertz CT molecular complexity index is 524. The van der Waals surface area contributed by atoms with Crippen molar-refractivity contribution in [3.05, 3.63) is 28.8 Å². The zero-order valence-corrected chi connectivity index (χ0v) is 13.4. The summed E-state index contributed by atoms with van der Waals surface area (Å²) in [5.74, 6) is 1.63. The molecule has 0 N–H and O–H groups in total. The molecule has 0 saturated heterocycles. The van der Waals surface area contributed by atoms with Gasteiger partial charge in [0.05, 0.1) is 12.2 Å². The molecule has 1 fully saturated rings. The lowest BCUT2D eigenvalue weighted by molar-refractivity contribution is 0.0160. The van der Waals surface area contributed by atoms with E-state index in [0.717, 1.165) is 12.4 Å². The second-order valence-electron chi connectivity index (χ2n) is 7.19. The highest BCUT2D eigenvalue weighted by molar-refractivity contribution is 5.54. The standard InChI is InChI=1S/C18H26O2/c1-12(2)13-10-14(17(3,4)19-5)16-15(11-13)18(6-7-18)8-9-20-16/h10-12H,6-9H2,1-5H3. The van der Waals surface area contributed by atoms with Crippen LogP contribution in [0.3, 0.4) is 0 Å². The van der Waals surface area contributed by atoms with Crippen LogP contribution in [0.2, 0.25) is 0 Å². The van der Waals surface area contributed by atoms with Gasteiger partial charge in [-0.15, -0.1) is 0 Å². The summed E-state index contributed by atoms with van der Waals surface area (Å²) in [7, 11) is 1.78. The Hall–Kier alpha value is -1.02. The largest absolute Gasteiger partial charge is 0.493 e. The normalized spacial score (nSPS) is 19.9. The van der Waals surface area contributed by atoms with Crippen LogP contribution < -0.4 is 4.74 Å². The molecule has 1 heterocycles. The third-order valence-electron chi connectivity index (χ3n) is 5.19. The molecule has 0 aromatic heterocycles. The first-order valence-corrected chi connectivity index (χ1v) is 7.76. The fourth-order valence-corrected chi connectivity index (χ4v) is 3.24. The fourth-order valence-electron chi connectivity index (χ4n) is 3.24. The quantitative estimate of drug-likeness (QED) is 0.807. The van der Waals surface area contributed by atoms with Gasteiger partial charge in [-0.1, -0.05) is 19.9 Å². The molecule has 1 spiro atoms. The van der Waals surface area contributed by atoms with Gasteiger partial charge in [0.15, 0.2) is 0 Å². The van der Waals surface area contributed by atoms with Crippen LogP contribution >= 0.6 is 0 Å². The van der Waals surface area contributed by atoms with E-state index in [0.29, 0.717) is 11.3 Å². The van der Waals surface area contributed by atoms with E-state index in [2.05, 4.69) is 39.8 Å². The Morgan fingerprint density at radius 2 is 1.90 bits per heavy atom. The Labute approximate surface area is 122 Å². The third kappa shape index (κ3) is 2.05. The van der Waals surface area contributed by atoms with E-state index in [-0.39, 0.29) is 5.60 Å².